The summed E-state index contributed by atoms with van der Waals surface area (Å²) in [6.45, 7) is 2.56. The number of nitrogens with zero attached hydrogens (tertiary/aromatic N) is 2. The van der Waals surface area contributed by atoms with E-state index in [-0.39, 0.29) is 5.56 Å². The number of nitrogen functional groups attached to an aromatic ring is 1. The van der Waals surface area contributed by atoms with E-state index in [1.807, 2.05) is 13.0 Å². The lowest BCUT2D eigenvalue weighted by atomic mass is 10.2. The molecule has 0 bridgehead atoms. The van der Waals surface area contributed by atoms with Gasteiger partial charge in [0.1, 0.15) is 0 Å². The van der Waals surface area contributed by atoms with Crippen molar-refractivity contribution in [2.24, 2.45) is 0 Å². The van der Waals surface area contributed by atoms with Crippen LogP contribution in [-0.2, 0) is 6.54 Å². The van der Waals surface area contributed by atoms with Crippen molar-refractivity contribution < 1.29 is 0 Å². The summed E-state index contributed by atoms with van der Waals surface area (Å²) >= 11 is 0. The van der Waals surface area contributed by atoms with Gasteiger partial charge >= 0.3 is 0 Å². The van der Waals surface area contributed by atoms with Crippen molar-refractivity contribution in [3.05, 3.63) is 58.1 Å². The highest BCUT2D eigenvalue weighted by molar-refractivity contribution is 5.81. The molecule has 0 fully saturated rings. The van der Waals surface area contributed by atoms with Gasteiger partial charge in [-0.2, -0.15) is 0 Å². The van der Waals surface area contributed by atoms with Crippen molar-refractivity contribution in [3.63, 3.8) is 0 Å². The number of anilines is 2. The van der Waals surface area contributed by atoms with Gasteiger partial charge in [-0.05, 0) is 42.3 Å². The van der Waals surface area contributed by atoms with Crippen LogP contribution in [-0.4, -0.2) is 15.0 Å². The summed E-state index contributed by atoms with van der Waals surface area (Å²) in [5.41, 5.74) is 8.81. The van der Waals surface area contributed by atoms with E-state index < -0.39 is 0 Å². The molecule has 6 nitrogen and oxygen atoms in total. The molecule has 106 valence electrons. The fourth-order valence-corrected chi connectivity index (χ4v) is 2.10. The van der Waals surface area contributed by atoms with Crippen molar-refractivity contribution in [2.45, 2.75) is 13.5 Å². The predicted molar refractivity (Wildman–Crippen MR) is 83.1 cm³/mol. The van der Waals surface area contributed by atoms with E-state index >= 15 is 0 Å². The first kappa shape index (κ1) is 13.1. The second-order valence-electron chi connectivity index (χ2n) is 4.85. The molecule has 0 unspecified atom stereocenters. The maximum absolute atomic E-state index is 12.0. The summed E-state index contributed by atoms with van der Waals surface area (Å²) in [4.78, 5) is 23.2. The highest BCUT2D eigenvalue weighted by atomic mass is 16.1. The van der Waals surface area contributed by atoms with Gasteiger partial charge in [0.2, 0.25) is 5.95 Å². The monoisotopic (exact) mass is 281 g/mol. The molecular formula is C15H15N5O. The number of nitrogens with one attached hydrogen (secondary N) is 2. The highest BCUT2D eigenvalue weighted by Gasteiger charge is 2.05. The zero-order valence-corrected chi connectivity index (χ0v) is 11.6. The maximum Gasteiger partial charge on any atom is 0.260 e. The fourth-order valence-electron chi connectivity index (χ4n) is 2.10. The molecule has 0 amide bonds. The summed E-state index contributed by atoms with van der Waals surface area (Å²) in [6.07, 6.45) is 3.54. The van der Waals surface area contributed by atoms with E-state index in [1.165, 1.54) is 0 Å². The Bertz CT molecular complexity index is 856. The third kappa shape index (κ3) is 2.69. The lowest BCUT2D eigenvalue weighted by Crippen LogP contribution is -2.13. The molecular weight excluding hydrogens is 266 g/mol. The minimum absolute atomic E-state index is 0.210. The molecule has 0 saturated carbocycles. The minimum Gasteiger partial charge on any atom is -0.399 e. The average Bonchev–Trinajstić information content (AvgIpc) is 2.47. The Morgan fingerprint density at radius 2 is 2.19 bits per heavy atom. The standard InChI is InChI=1S/C15H15N5O/c1-9-4-5-17-7-10(9)8-18-15-19-13-3-2-11(16)6-12(13)14(21)20-15/h2-7H,8,16H2,1H3,(H2,18,19,20,21). The van der Waals surface area contributed by atoms with Gasteiger partial charge in [0.05, 0.1) is 10.9 Å². The van der Waals surface area contributed by atoms with Crippen LogP contribution < -0.4 is 16.6 Å². The van der Waals surface area contributed by atoms with E-state index in [4.69, 9.17) is 5.73 Å². The number of aromatic amines is 1. The number of pyridine rings is 1. The molecule has 2 heterocycles. The van der Waals surface area contributed by atoms with Crippen molar-refractivity contribution in [2.75, 3.05) is 11.1 Å². The van der Waals surface area contributed by atoms with E-state index in [1.54, 1.807) is 30.6 Å². The first-order chi connectivity index (χ1) is 10.1. The maximum atomic E-state index is 12.0. The molecule has 0 atom stereocenters. The van der Waals surface area contributed by atoms with Crippen molar-refractivity contribution in [3.8, 4) is 0 Å². The van der Waals surface area contributed by atoms with Crippen LogP contribution in [0.3, 0.4) is 0 Å². The van der Waals surface area contributed by atoms with Gasteiger partial charge in [0, 0.05) is 24.6 Å². The molecule has 4 N–H and O–H groups in total. The molecule has 3 rings (SSSR count). The smallest absolute Gasteiger partial charge is 0.260 e. The van der Waals surface area contributed by atoms with Crippen LogP contribution in [0.15, 0.2) is 41.5 Å². The Kier molecular flexibility index (Phi) is 3.27. The third-order valence-electron chi connectivity index (χ3n) is 3.32. The number of aromatic nitrogens is 3. The van der Waals surface area contributed by atoms with Crippen LogP contribution >= 0.6 is 0 Å². The van der Waals surface area contributed by atoms with Crippen LogP contribution in [0.1, 0.15) is 11.1 Å². The van der Waals surface area contributed by atoms with E-state index in [2.05, 4.69) is 20.3 Å². The predicted octanol–water partition coefficient (Wildman–Crippen LogP) is 1.82. The summed E-state index contributed by atoms with van der Waals surface area (Å²) < 4.78 is 0. The molecule has 1 aromatic carbocycles. The highest BCUT2D eigenvalue weighted by Crippen LogP contribution is 2.13. The molecule has 0 radical (unpaired) electrons. The van der Waals surface area contributed by atoms with Crippen LogP contribution in [0.4, 0.5) is 11.6 Å². The number of aryl methyl sites for hydroxylation is 1. The van der Waals surface area contributed by atoms with Crippen LogP contribution in [0.2, 0.25) is 0 Å². The SMILES string of the molecule is Cc1ccncc1CNc1nc2ccc(N)cc2c(=O)[nH]1. The minimum atomic E-state index is -0.210. The first-order valence-corrected chi connectivity index (χ1v) is 6.56. The van der Waals surface area contributed by atoms with Crippen molar-refractivity contribution >= 4 is 22.5 Å². The van der Waals surface area contributed by atoms with Gasteiger partial charge in [0.25, 0.3) is 5.56 Å². The molecule has 0 spiro atoms. The van der Waals surface area contributed by atoms with E-state index in [0.717, 1.165) is 11.1 Å². The van der Waals surface area contributed by atoms with Gasteiger partial charge in [-0.1, -0.05) is 0 Å². The summed E-state index contributed by atoms with van der Waals surface area (Å²) in [6, 6.07) is 7.02. The topological polar surface area (TPSA) is 96.7 Å². The number of hydrogen-bond donors (Lipinski definition) is 3. The second-order valence-corrected chi connectivity index (χ2v) is 4.85. The molecule has 3 aromatic rings. The number of fused-ring (bicyclic) bond motifs is 1. The molecule has 0 aliphatic carbocycles. The molecule has 0 aliphatic heterocycles. The van der Waals surface area contributed by atoms with Crippen molar-refractivity contribution in [1.82, 2.24) is 15.0 Å². The second kappa shape index (κ2) is 5.24. The normalized spacial score (nSPS) is 10.7. The number of hydrogen-bond acceptors (Lipinski definition) is 5. The van der Waals surface area contributed by atoms with Crippen LogP contribution in [0, 0.1) is 6.92 Å². The van der Waals surface area contributed by atoms with Gasteiger partial charge in [-0.15, -0.1) is 0 Å². The van der Waals surface area contributed by atoms with Crippen LogP contribution in [0.25, 0.3) is 10.9 Å². The average molecular weight is 281 g/mol. The Morgan fingerprint density at radius 1 is 1.33 bits per heavy atom. The summed E-state index contributed by atoms with van der Waals surface area (Å²) in [5.74, 6) is 0.431. The largest absolute Gasteiger partial charge is 0.399 e. The molecule has 6 heteroatoms. The van der Waals surface area contributed by atoms with Gasteiger partial charge in [-0.25, -0.2) is 4.98 Å². The Balaban J connectivity index is 1.90. The van der Waals surface area contributed by atoms with Gasteiger partial charge < -0.3 is 11.1 Å². The summed E-state index contributed by atoms with van der Waals surface area (Å²) in [7, 11) is 0. The molecule has 2 aromatic heterocycles. The Labute approximate surface area is 121 Å². The lowest BCUT2D eigenvalue weighted by molar-refractivity contribution is 1.03. The molecule has 0 aliphatic rings. The van der Waals surface area contributed by atoms with E-state index in [9.17, 15) is 4.79 Å². The third-order valence-corrected chi connectivity index (χ3v) is 3.32. The number of benzene rings is 1. The number of nitrogens with two attached hydrogens (primary N) is 1. The zero-order chi connectivity index (χ0) is 14.8. The Morgan fingerprint density at radius 3 is 3.00 bits per heavy atom. The Hall–Kier alpha value is -2.89. The quantitative estimate of drug-likeness (QED) is 0.636. The van der Waals surface area contributed by atoms with Crippen molar-refractivity contribution in [1.29, 1.82) is 0 Å². The zero-order valence-electron chi connectivity index (χ0n) is 11.6. The molecule has 21 heavy (non-hydrogen) atoms. The summed E-state index contributed by atoms with van der Waals surface area (Å²) in [5, 5.41) is 3.60. The lowest BCUT2D eigenvalue weighted by Gasteiger charge is -2.08. The van der Waals surface area contributed by atoms with Gasteiger partial charge in [-0.3, -0.25) is 14.8 Å². The number of rotatable bonds is 3. The molecule has 0 saturated heterocycles. The number of H-pyrrole nitrogens is 1. The van der Waals surface area contributed by atoms with Gasteiger partial charge in [0.15, 0.2) is 0 Å². The van der Waals surface area contributed by atoms with E-state index in [0.29, 0.717) is 29.1 Å². The first-order valence-electron chi connectivity index (χ1n) is 6.56. The van der Waals surface area contributed by atoms with Crippen LogP contribution in [0.5, 0.6) is 0 Å². The fraction of sp³-hybridized carbons (Fsp3) is 0.133.